The number of aromatic nitrogens is 5. The van der Waals surface area contributed by atoms with E-state index >= 15 is 0 Å². The molecule has 0 aliphatic carbocycles. The lowest BCUT2D eigenvalue weighted by atomic mass is 9.96. The van der Waals surface area contributed by atoms with E-state index in [1.807, 2.05) is 0 Å². The van der Waals surface area contributed by atoms with Crippen molar-refractivity contribution in [3.05, 3.63) is 6.33 Å². The molecule has 0 aromatic carbocycles. The van der Waals surface area contributed by atoms with E-state index in [4.69, 9.17) is 15.6 Å². The first-order valence-corrected chi connectivity index (χ1v) is 5.95. The molecule has 0 amide bonds. The molecule has 3 rings (SSSR count). The fourth-order valence-corrected chi connectivity index (χ4v) is 2.36. The standard InChI is InChI=1S/C10H14N6O4/c1-10(19)6(18)4(2-17)20-9(10)16-3-12-5-7(11)13-15-14-8(5)16/h3-4,6,9,17-19H,2H2,1H3,(H2,11,13,14)/t4-,6+,9-,10?/m1/s1. The molecule has 108 valence electrons. The molecular weight excluding hydrogens is 268 g/mol. The number of fused-ring (bicyclic) bond motifs is 1. The summed E-state index contributed by atoms with van der Waals surface area (Å²) in [7, 11) is 0. The van der Waals surface area contributed by atoms with Crippen LogP contribution in [0.4, 0.5) is 5.82 Å². The smallest absolute Gasteiger partial charge is 0.190 e. The summed E-state index contributed by atoms with van der Waals surface area (Å²) < 4.78 is 6.88. The van der Waals surface area contributed by atoms with Gasteiger partial charge in [-0.05, 0) is 12.1 Å². The number of hydrogen-bond acceptors (Lipinski definition) is 9. The first-order chi connectivity index (χ1) is 9.46. The Balaban J connectivity index is 2.10. The lowest BCUT2D eigenvalue weighted by Gasteiger charge is -2.27. The summed E-state index contributed by atoms with van der Waals surface area (Å²) in [5.41, 5.74) is 4.60. The number of nitrogens with zero attached hydrogens (tertiary/aromatic N) is 5. The fourth-order valence-electron chi connectivity index (χ4n) is 2.36. The molecule has 0 saturated carbocycles. The molecule has 1 saturated heterocycles. The van der Waals surface area contributed by atoms with Crippen molar-refractivity contribution < 1.29 is 20.1 Å². The molecule has 1 fully saturated rings. The van der Waals surface area contributed by atoms with Gasteiger partial charge in [0.1, 0.15) is 17.8 Å². The van der Waals surface area contributed by atoms with E-state index in [1.165, 1.54) is 17.8 Å². The third kappa shape index (κ3) is 1.66. The molecule has 1 aliphatic heterocycles. The van der Waals surface area contributed by atoms with E-state index < -0.39 is 30.6 Å². The van der Waals surface area contributed by atoms with Gasteiger partial charge in [0.25, 0.3) is 0 Å². The second kappa shape index (κ2) is 4.31. The number of anilines is 1. The Kier molecular flexibility index (Phi) is 2.83. The van der Waals surface area contributed by atoms with Crippen molar-refractivity contribution in [1.82, 2.24) is 25.0 Å². The molecule has 1 unspecified atom stereocenters. The van der Waals surface area contributed by atoms with Crippen LogP contribution in [0.25, 0.3) is 11.2 Å². The zero-order chi connectivity index (χ0) is 14.5. The second-order valence-electron chi connectivity index (χ2n) is 4.88. The second-order valence-corrected chi connectivity index (χ2v) is 4.88. The lowest BCUT2D eigenvalue weighted by molar-refractivity contribution is -0.0951. The minimum Gasteiger partial charge on any atom is -0.394 e. The normalized spacial score (nSPS) is 33.9. The summed E-state index contributed by atoms with van der Waals surface area (Å²) in [6, 6.07) is 0. The van der Waals surface area contributed by atoms with E-state index in [2.05, 4.69) is 20.4 Å². The number of ether oxygens (including phenoxy) is 1. The highest BCUT2D eigenvalue weighted by Crippen LogP contribution is 2.39. The quantitative estimate of drug-likeness (QED) is 0.480. The minimum atomic E-state index is -1.62. The number of rotatable bonds is 2. The zero-order valence-corrected chi connectivity index (χ0v) is 10.6. The summed E-state index contributed by atoms with van der Waals surface area (Å²) in [4.78, 5) is 4.04. The molecule has 5 N–H and O–H groups in total. The summed E-state index contributed by atoms with van der Waals surface area (Å²) in [5.74, 6) is 0.102. The van der Waals surface area contributed by atoms with Gasteiger partial charge in [-0.3, -0.25) is 4.57 Å². The van der Waals surface area contributed by atoms with Crippen LogP contribution in [0.2, 0.25) is 0 Å². The number of aliphatic hydroxyl groups is 3. The Morgan fingerprint density at radius 3 is 2.90 bits per heavy atom. The molecule has 1 aliphatic rings. The molecule has 3 heterocycles. The molecule has 2 aromatic heterocycles. The number of imidazole rings is 1. The molecule has 0 bridgehead atoms. The number of nitrogen functional groups attached to an aromatic ring is 1. The molecule has 0 spiro atoms. The van der Waals surface area contributed by atoms with Crippen molar-refractivity contribution in [1.29, 1.82) is 0 Å². The van der Waals surface area contributed by atoms with Crippen LogP contribution in [0.3, 0.4) is 0 Å². The fraction of sp³-hybridized carbons (Fsp3) is 0.600. The van der Waals surface area contributed by atoms with Crippen molar-refractivity contribution in [3.63, 3.8) is 0 Å². The molecule has 4 atom stereocenters. The van der Waals surface area contributed by atoms with Crippen LogP contribution in [-0.4, -0.2) is 64.7 Å². The molecule has 10 heteroatoms. The highest BCUT2D eigenvalue weighted by molar-refractivity contribution is 5.80. The van der Waals surface area contributed by atoms with Gasteiger partial charge < -0.3 is 25.8 Å². The van der Waals surface area contributed by atoms with Crippen LogP contribution in [0.1, 0.15) is 13.2 Å². The summed E-state index contributed by atoms with van der Waals surface area (Å²) in [6.45, 7) is 0.984. The average molecular weight is 282 g/mol. The maximum atomic E-state index is 10.4. The Morgan fingerprint density at radius 1 is 1.50 bits per heavy atom. The third-order valence-electron chi connectivity index (χ3n) is 3.49. The van der Waals surface area contributed by atoms with Crippen molar-refractivity contribution in [2.24, 2.45) is 0 Å². The predicted octanol–water partition coefficient (Wildman–Crippen LogP) is -2.19. The summed E-state index contributed by atoms with van der Waals surface area (Å²) in [6.07, 6.45) is -1.76. The Bertz CT molecular complexity index is 644. The van der Waals surface area contributed by atoms with E-state index in [0.717, 1.165) is 0 Å². The van der Waals surface area contributed by atoms with Crippen molar-refractivity contribution in [3.8, 4) is 0 Å². The van der Waals surface area contributed by atoms with Gasteiger partial charge in [-0.25, -0.2) is 4.98 Å². The van der Waals surface area contributed by atoms with Crippen LogP contribution in [-0.2, 0) is 4.74 Å². The van der Waals surface area contributed by atoms with Crippen molar-refractivity contribution in [2.45, 2.75) is 31.0 Å². The molecule has 10 nitrogen and oxygen atoms in total. The predicted molar refractivity (Wildman–Crippen MR) is 65.2 cm³/mol. The Labute approximate surface area is 112 Å². The topological polar surface area (TPSA) is 152 Å². The molecular formula is C10H14N6O4. The maximum Gasteiger partial charge on any atom is 0.190 e. The van der Waals surface area contributed by atoms with Crippen molar-refractivity contribution >= 4 is 17.0 Å². The lowest BCUT2D eigenvalue weighted by Crippen LogP contribution is -2.44. The van der Waals surface area contributed by atoms with Crippen LogP contribution in [0.15, 0.2) is 6.33 Å². The summed E-state index contributed by atoms with van der Waals surface area (Å²) in [5, 5.41) is 40.4. The van der Waals surface area contributed by atoms with Gasteiger partial charge >= 0.3 is 0 Å². The Hall–Kier alpha value is -1.88. The van der Waals surface area contributed by atoms with Gasteiger partial charge in [-0.1, -0.05) is 0 Å². The van der Waals surface area contributed by atoms with E-state index in [0.29, 0.717) is 5.52 Å². The summed E-state index contributed by atoms with van der Waals surface area (Å²) >= 11 is 0. The number of hydrogen-bond donors (Lipinski definition) is 4. The average Bonchev–Trinajstić information content (AvgIpc) is 2.92. The first-order valence-electron chi connectivity index (χ1n) is 5.95. The Morgan fingerprint density at radius 2 is 2.25 bits per heavy atom. The maximum absolute atomic E-state index is 10.4. The highest BCUT2D eigenvalue weighted by atomic mass is 16.6. The highest BCUT2D eigenvalue weighted by Gasteiger charge is 2.53. The number of aliphatic hydroxyl groups excluding tert-OH is 2. The van der Waals surface area contributed by atoms with Gasteiger partial charge in [-0.2, -0.15) is 0 Å². The molecule has 0 radical (unpaired) electrons. The van der Waals surface area contributed by atoms with Gasteiger partial charge in [0.05, 0.1) is 12.9 Å². The third-order valence-corrected chi connectivity index (χ3v) is 3.49. The van der Waals surface area contributed by atoms with Crippen molar-refractivity contribution in [2.75, 3.05) is 12.3 Å². The largest absolute Gasteiger partial charge is 0.394 e. The van der Waals surface area contributed by atoms with E-state index in [1.54, 1.807) is 0 Å². The minimum absolute atomic E-state index is 0.102. The van der Waals surface area contributed by atoms with Gasteiger partial charge in [0, 0.05) is 0 Å². The molecule has 20 heavy (non-hydrogen) atoms. The SMILES string of the molecule is CC1(O)[C@@H](O)[C@@H](CO)O[C@H]1n1cnc2c(N)nnnc21. The van der Waals surface area contributed by atoms with Crippen LogP contribution in [0, 0.1) is 0 Å². The number of nitrogens with two attached hydrogens (primary N) is 1. The van der Waals surface area contributed by atoms with Gasteiger partial charge in [0.15, 0.2) is 23.2 Å². The van der Waals surface area contributed by atoms with Gasteiger partial charge in [-0.15, -0.1) is 10.2 Å². The molecule has 2 aromatic rings. The van der Waals surface area contributed by atoms with E-state index in [9.17, 15) is 10.2 Å². The zero-order valence-electron chi connectivity index (χ0n) is 10.6. The van der Waals surface area contributed by atoms with Crippen LogP contribution >= 0.6 is 0 Å². The van der Waals surface area contributed by atoms with Crippen LogP contribution < -0.4 is 5.73 Å². The van der Waals surface area contributed by atoms with E-state index in [-0.39, 0.29) is 11.5 Å². The monoisotopic (exact) mass is 282 g/mol. The van der Waals surface area contributed by atoms with Gasteiger partial charge in [0.2, 0.25) is 0 Å². The first kappa shape index (κ1) is 13.1. The van der Waals surface area contributed by atoms with Crippen LogP contribution in [0.5, 0.6) is 0 Å².